The molecule has 0 aliphatic heterocycles. The highest BCUT2D eigenvalue weighted by Crippen LogP contribution is 2.45. The van der Waals surface area contributed by atoms with Gasteiger partial charge in [0.15, 0.2) is 0 Å². The van der Waals surface area contributed by atoms with Gasteiger partial charge < -0.3 is 0 Å². The third-order valence-corrected chi connectivity index (χ3v) is 9.67. The van der Waals surface area contributed by atoms with Crippen LogP contribution in [0.1, 0.15) is 11.0 Å². The van der Waals surface area contributed by atoms with Crippen LogP contribution in [0, 0.1) is 0 Å². The second-order valence-electron chi connectivity index (χ2n) is 12.2. The topological polar surface area (TPSA) is 0 Å². The molecule has 0 saturated heterocycles. The molecule has 48 heavy (non-hydrogen) atoms. The number of benzene rings is 10. The van der Waals surface area contributed by atoms with E-state index >= 15 is 0 Å². The highest BCUT2D eigenvalue weighted by molar-refractivity contribution is 6.33. The van der Waals surface area contributed by atoms with Crippen molar-refractivity contribution in [2.75, 3.05) is 0 Å². The van der Waals surface area contributed by atoms with E-state index in [1.54, 1.807) is 24.3 Å². The summed E-state index contributed by atoms with van der Waals surface area (Å²) in [5.74, 6) is 0. The first-order valence-corrected chi connectivity index (χ1v) is 16.0. The van der Waals surface area contributed by atoms with Gasteiger partial charge in [0.05, 0.1) is 11.0 Å². The molecule has 0 aromatic heterocycles. The molecule has 0 amide bonds. The predicted octanol–water partition coefficient (Wildman–Crippen LogP) is 13.6. The molecule has 0 heterocycles. The zero-order valence-electron chi connectivity index (χ0n) is 33.7. The van der Waals surface area contributed by atoms with E-state index in [0.717, 1.165) is 32.7 Å². The lowest BCUT2D eigenvalue weighted by Gasteiger charge is -2.18. The standard InChI is InChI=1S/C48H30/c1-2-14-32(15-3-1)46-40-22-10-12-24-42(40)47(43-25-13-11-23-41(43)46)33-28-26-31(27-29-33)44-30-45-36-18-5-4-16-34(36)35-17-6-8-20-38(35)48(45)39-21-9-7-19-37(39)44/h1-30H/i10D,11D,12D,13D,22D,23D,24D,25D. The number of hydrogen-bond acceptors (Lipinski definition) is 0. The van der Waals surface area contributed by atoms with Crippen LogP contribution in [-0.2, 0) is 0 Å². The SMILES string of the molecule is [2H]c1c([2H])c([2H])c2c(-c3ccc(-c4cc5c6ccccc6c6ccccc6c5c5ccccc45)cc3)c3c([2H])c([2H])c([2H])c([2H])c3c(-c3ccccc3)c2c1[2H]. The van der Waals surface area contributed by atoms with E-state index in [0.29, 0.717) is 22.3 Å². The van der Waals surface area contributed by atoms with Crippen LogP contribution in [0.3, 0.4) is 0 Å². The summed E-state index contributed by atoms with van der Waals surface area (Å²) >= 11 is 0. The minimum atomic E-state index is -0.415. The lowest BCUT2D eigenvalue weighted by molar-refractivity contribution is 1.64. The van der Waals surface area contributed by atoms with Crippen molar-refractivity contribution in [2.24, 2.45) is 0 Å². The molecule has 0 fully saturated rings. The van der Waals surface area contributed by atoms with Gasteiger partial charge in [0.2, 0.25) is 0 Å². The van der Waals surface area contributed by atoms with Crippen LogP contribution in [0.15, 0.2) is 182 Å². The van der Waals surface area contributed by atoms with Crippen LogP contribution in [-0.4, -0.2) is 0 Å². The summed E-state index contributed by atoms with van der Waals surface area (Å²) in [7, 11) is 0. The molecule has 0 aliphatic carbocycles. The third-order valence-electron chi connectivity index (χ3n) is 9.67. The Hall–Kier alpha value is -6.24. The summed E-state index contributed by atoms with van der Waals surface area (Å²) < 4.78 is 71.7. The van der Waals surface area contributed by atoms with Crippen molar-refractivity contribution in [1.82, 2.24) is 0 Å². The van der Waals surface area contributed by atoms with Crippen LogP contribution in [0.4, 0.5) is 0 Å². The fourth-order valence-corrected chi connectivity index (χ4v) is 7.63. The normalized spacial score (nSPS) is 14.1. The third kappa shape index (κ3) is 3.96. The summed E-state index contributed by atoms with van der Waals surface area (Å²) in [5, 5.41) is 10.1. The molecule has 0 unspecified atom stereocenters. The van der Waals surface area contributed by atoms with Crippen LogP contribution < -0.4 is 0 Å². The summed E-state index contributed by atoms with van der Waals surface area (Å²) in [4.78, 5) is 0. The smallest absolute Gasteiger partial charge is 0.0622 e. The fraction of sp³-hybridized carbons (Fsp3) is 0. The molecule has 10 rings (SSSR count). The van der Waals surface area contributed by atoms with Gasteiger partial charge in [-0.05, 0) is 104 Å². The second kappa shape index (κ2) is 10.7. The van der Waals surface area contributed by atoms with Crippen molar-refractivity contribution in [1.29, 1.82) is 0 Å². The number of hydrogen-bond donors (Lipinski definition) is 0. The van der Waals surface area contributed by atoms with Gasteiger partial charge >= 0.3 is 0 Å². The average Bonchev–Trinajstić information content (AvgIpc) is 3.25. The first-order valence-electron chi connectivity index (χ1n) is 20.0. The van der Waals surface area contributed by atoms with Crippen molar-refractivity contribution in [3.63, 3.8) is 0 Å². The largest absolute Gasteiger partial charge is 0.0629 e. The predicted molar refractivity (Wildman–Crippen MR) is 208 cm³/mol. The Morgan fingerprint density at radius 3 is 1.21 bits per heavy atom. The minimum Gasteiger partial charge on any atom is -0.0622 e. The molecule has 0 radical (unpaired) electrons. The van der Waals surface area contributed by atoms with E-state index in [9.17, 15) is 5.48 Å². The van der Waals surface area contributed by atoms with Crippen molar-refractivity contribution >= 4 is 64.6 Å². The molecule has 10 aromatic carbocycles. The number of fused-ring (bicyclic) bond motifs is 10. The van der Waals surface area contributed by atoms with E-state index < -0.39 is 24.2 Å². The Balaban J connectivity index is 1.31. The zero-order valence-corrected chi connectivity index (χ0v) is 25.7. The quantitative estimate of drug-likeness (QED) is 0.137. The highest BCUT2D eigenvalue weighted by Gasteiger charge is 2.18. The van der Waals surface area contributed by atoms with E-state index in [-0.39, 0.29) is 45.7 Å². The molecule has 0 aliphatic rings. The Kier molecular flexibility index (Phi) is 4.46. The maximum absolute atomic E-state index is 9.25. The van der Waals surface area contributed by atoms with Gasteiger partial charge in [0.25, 0.3) is 0 Å². The Morgan fingerprint density at radius 2 is 0.667 bits per heavy atom. The monoisotopic (exact) mass is 614 g/mol. The molecule has 0 atom stereocenters. The lowest BCUT2D eigenvalue weighted by Crippen LogP contribution is -1.91. The number of rotatable bonds is 3. The summed E-state index contributed by atoms with van der Waals surface area (Å²) in [5.41, 5.74) is 3.79. The van der Waals surface area contributed by atoms with E-state index in [1.165, 1.54) is 21.5 Å². The molecule has 222 valence electrons. The summed E-state index contributed by atoms with van der Waals surface area (Å²) in [6.07, 6.45) is 0. The van der Waals surface area contributed by atoms with Crippen LogP contribution in [0.2, 0.25) is 0 Å². The van der Waals surface area contributed by atoms with Gasteiger partial charge in [-0.3, -0.25) is 0 Å². The van der Waals surface area contributed by atoms with Crippen molar-refractivity contribution in [3.05, 3.63) is 182 Å². The van der Waals surface area contributed by atoms with Crippen LogP contribution >= 0.6 is 0 Å². The minimum absolute atomic E-state index is 0.203. The van der Waals surface area contributed by atoms with Crippen LogP contribution in [0.25, 0.3) is 98.0 Å². The molecule has 0 bridgehead atoms. The average molecular weight is 615 g/mol. The lowest BCUT2D eigenvalue weighted by atomic mass is 9.85. The fourth-order valence-electron chi connectivity index (χ4n) is 7.63. The van der Waals surface area contributed by atoms with Crippen LogP contribution in [0.5, 0.6) is 0 Å². The van der Waals surface area contributed by atoms with Crippen molar-refractivity contribution in [3.8, 4) is 33.4 Å². The van der Waals surface area contributed by atoms with Gasteiger partial charge in [-0.1, -0.05) is 176 Å². The molecule has 0 spiro atoms. The molecule has 0 N–H and O–H groups in total. The van der Waals surface area contributed by atoms with Gasteiger partial charge in [-0.25, -0.2) is 0 Å². The maximum Gasteiger partial charge on any atom is 0.0629 e. The van der Waals surface area contributed by atoms with E-state index in [2.05, 4.69) is 72.8 Å². The maximum atomic E-state index is 9.25. The molecule has 0 heteroatoms. The molecule has 10 aromatic rings. The Bertz CT molecular complexity index is 3240. The molecular weight excluding hydrogens is 577 g/mol. The van der Waals surface area contributed by atoms with Gasteiger partial charge in [-0.15, -0.1) is 0 Å². The van der Waals surface area contributed by atoms with E-state index in [4.69, 9.17) is 5.48 Å². The highest BCUT2D eigenvalue weighted by atomic mass is 14.2. The first-order chi connectivity index (χ1) is 27.2. The Labute approximate surface area is 290 Å². The zero-order chi connectivity index (χ0) is 38.6. The molecular formula is C48H30. The molecule has 0 saturated carbocycles. The van der Waals surface area contributed by atoms with Crippen molar-refractivity contribution in [2.45, 2.75) is 0 Å². The Morgan fingerprint density at radius 1 is 0.292 bits per heavy atom. The summed E-state index contributed by atoms with van der Waals surface area (Å²) in [6, 6.07) is 41.8. The first kappa shape index (κ1) is 20.1. The van der Waals surface area contributed by atoms with Gasteiger partial charge in [0.1, 0.15) is 0 Å². The molecule has 0 nitrogen and oxygen atoms in total. The van der Waals surface area contributed by atoms with Crippen molar-refractivity contribution < 1.29 is 11.0 Å². The van der Waals surface area contributed by atoms with E-state index in [1.807, 2.05) is 36.4 Å². The van der Waals surface area contributed by atoms with Gasteiger partial charge in [-0.2, -0.15) is 0 Å². The van der Waals surface area contributed by atoms with Gasteiger partial charge in [0, 0.05) is 0 Å². The second-order valence-corrected chi connectivity index (χ2v) is 12.2. The summed E-state index contributed by atoms with van der Waals surface area (Å²) in [6.45, 7) is 0.